The number of halogens is 4. The minimum Gasteiger partial charge on any atom is -0.488 e. The largest absolute Gasteiger partial charge is 0.488 e. The molecule has 1 spiro atoms. The zero-order chi connectivity index (χ0) is 25.1. The highest BCUT2D eigenvalue weighted by Crippen LogP contribution is 2.49. The van der Waals surface area contributed by atoms with E-state index in [1.54, 1.807) is 17.0 Å². The number of allylic oxidation sites excluding steroid dienone is 2. The van der Waals surface area contributed by atoms with Gasteiger partial charge in [-0.25, -0.2) is 4.39 Å². The third-order valence-corrected chi connectivity index (χ3v) is 7.59. The smallest absolute Gasteiger partial charge is 0.416 e. The highest BCUT2D eigenvalue weighted by Gasteiger charge is 2.62. The predicted octanol–water partition coefficient (Wildman–Crippen LogP) is 3.89. The lowest BCUT2D eigenvalue weighted by atomic mass is 9.75. The molecule has 2 fully saturated rings. The fourth-order valence-corrected chi connectivity index (χ4v) is 5.78. The van der Waals surface area contributed by atoms with E-state index in [0.717, 1.165) is 29.0 Å². The van der Waals surface area contributed by atoms with Gasteiger partial charge in [0.2, 0.25) is 0 Å². The van der Waals surface area contributed by atoms with E-state index in [0.29, 0.717) is 37.1 Å². The Morgan fingerprint density at radius 3 is 2.66 bits per heavy atom. The van der Waals surface area contributed by atoms with Crippen LogP contribution >= 0.6 is 12.2 Å². The zero-order valence-corrected chi connectivity index (χ0v) is 19.2. The number of carbonyl (C=O) groups is 1. The average Bonchev–Trinajstić information content (AvgIpc) is 3.04. The summed E-state index contributed by atoms with van der Waals surface area (Å²) >= 11 is 5.59. The molecule has 1 amide bonds. The molecule has 1 aromatic rings. The Labute approximate surface area is 204 Å². The fraction of sp³-hybridized carbons (Fsp3) is 0.458. The van der Waals surface area contributed by atoms with Gasteiger partial charge in [-0.3, -0.25) is 9.69 Å². The van der Waals surface area contributed by atoms with Crippen LogP contribution in [0.3, 0.4) is 0 Å². The first-order chi connectivity index (χ1) is 16.6. The van der Waals surface area contributed by atoms with Crippen LogP contribution in [0.25, 0.3) is 0 Å². The van der Waals surface area contributed by atoms with Crippen LogP contribution < -0.4 is 9.64 Å². The number of hydrogen-bond donors (Lipinski definition) is 1. The number of amides is 1. The Hall–Kier alpha value is -2.97. The van der Waals surface area contributed by atoms with Gasteiger partial charge in [-0.05, 0) is 74.2 Å². The number of ether oxygens (including phenoxy) is 1. The minimum atomic E-state index is -5.07. The first kappa shape index (κ1) is 23.8. The summed E-state index contributed by atoms with van der Waals surface area (Å²) in [5.41, 5.74) is -2.06. The van der Waals surface area contributed by atoms with E-state index in [-0.39, 0.29) is 17.8 Å². The molecule has 0 bridgehead atoms. The lowest BCUT2D eigenvalue weighted by molar-refractivity contribution is -0.136. The molecule has 5 rings (SSSR count). The van der Waals surface area contributed by atoms with Crippen molar-refractivity contribution >= 4 is 28.9 Å². The maximum Gasteiger partial charge on any atom is 0.416 e. The van der Waals surface area contributed by atoms with Crippen molar-refractivity contribution in [2.45, 2.75) is 62.1 Å². The number of benzene rings is 1. The standard InChI is InChI=1S/C24H21F4N3O3S/c25-20-17(6-3-14(11-29)19(20)24(26,27)28)30-21(33)23(8-1-9-23)31(22(30)35)15-4-7-18-13(10-15)2-5-16(12-32)34-18/h3-4,6-7,10,16-17,20,32H,1-2,5,8-9,12H2. The van der Waals surface area contributed by atoms with Gasteiger partial charge in [-0.2, -0.15) is 18.4 Å². The summed E-state index contributed by atoms with van der Waals surface area (Å²) in [6.07, 6.45) is -3.19. The molecular formula is C24H21F4N3O3S. The van der Waals surface area contributed by atoms with Gasteiger partial charge in [-0.1, -0.05) is 6.08 Å². The van der Waals surface area contributed by atoms with Crippen LogP contribution in [0.5, 0.6) is 5.75 Å². The van der Waals surface area contributed by atoms with Gasteiger partial charge in [-0.15, -0.1) is 0 Å². The van der Waals surface area contributed by atoms with Crippen molar-refractivity contribution in [3.63, 3.8) is 0 Å². The summed E-state index contributed by atoms with van der Waals surface area (Å²) in [6, 6.07) is 5.03. The Balaban J connectivity index is 1.51. The maximum absolute atomic E-state index is 15.4. The number of nitrogens with zero attached hydrogens (tertiary/aromatic N) is 3. The molecule has 184 valence electrons. The summed E-state index contributed by atoms with van der Waals surface area (Å²) in [5.74, 6) is 0.0697. The van der Waals surface area contributed by atoms with Crippen LogP contribution in [0, 0.1) is 11.3 Å². The third-order valence-electron chi connectivity index (χ3n) is 7.21. The van der Waals surface area contributed by atoms with Crippen molar-refractivity contribution in [1.29, 1.82) is 5.26 Å². The van der Waals surface area contributed by atoms with Gasteiger partial charge in [0.1, 0.15) is 17.4 Å². The van der Waals surface area contributed by atoms with E-state index < -0.39 is 41.0 Å². The van der Waals surface area contributed by atoms with Gasteiger partial charge in [0, 0.05) is 5.69 Å². The summed E-state index contributed by atoms with van der Waals surface area (Å²) in [7, 11) is 0. The van der Waals surface area contributed by atoms with Crippen LogP contribution in [0.1, 0.15) is 31.2 Å². The van der Waals surface area contributed by atoms with Gasteiger partial charge >= 0.3 is 6.18 Å². The number of aliphatic hydroxyl groups is 1. The Bertz CT molecular complexity index is 1200. The Morgan fingerprint density at radius 2 is 2.06 bits per heavy atom. The lowest BCUT2D eigenvalue weighted by Crippen LogP contribution is -2.56. The number of aliphatic hydroxyl groups excluding tert-OH is 1. The third kappa shape index (κ3) is 3.53. The highest BCUT2D eigenvalue weighted by molar-refractivity contribution is 7.80. The first-order valence-corrected chi connectivity index (χ1v) is 11.7. The molecule has 1 saturated carbocycles. The molecule has 1 N–H and O–H groups in total. The number of rotatable bonds is 3. The second-order valence-electron chi connectivity index (χ2n) is 9.12. The first-order valence-electron chi connectivity index (χ1n) is 11.2. The molecule has 35 heavy (non-hydrogen) atoms. The fourth-order valence-electron chi connectivity index (χ4n) is 5.29. The Kier molecular flexibility index (Phi) is 5.64. The van der Waals surface area contributed by atoms with Gasteiger partial charge < -0.3 is 14.7 Å². The summed E-state index contributed by atoms with van der Waals surface area (Å²) in [5, 5.41) is 18.4. The molecule has 1 aromatic carbocycles. The lowest BCUT2D eigenvalue weighted by Gasteiger charge is -2.43. The van der Waals surface area contributed by atoms with E-state index in [4.69, 9.17) is 22.2 Å². The second-order valence-corrected chi connectivity index (χ2v) is 9.48. The molecule has 0 radical (unpaired) electrons. The van der Waals surface area contributed by atoms with Crippen LogP contribution in [0.4, 0.5) is 23.2 Å². The zero-order valence-electron chi connectivity index (χ0n) is 18.4. The molecule has 2 heterocycles. The summed E-state index contributed by atoms with van der Waals surface area (Å²) in [6.45, 7) is -0.106. The molecule has 6 nitrogen and oxygen atoms in total. The van der Waals surface area contributed by atoms with E-state index in [9.17, 15) is 23.1 Å². The topological polar surface area (TPSA) is 76.8 Å². The number of hydrogen-bond acceptors (Lipinski definition) is 5. The monoisotopic (exact) mass is 507 g/mol. The van der Waals surface area contributed by atoms with Gasteiger partial charge in [0.05, 0.1) is 29.9 Å². The molecule has 3 atom stereocenters. The van der Waals surface area contributed by atoms with Crippen molar-refractivity contribution < 1.29 is 32.2 Å². The van der Waals surface area contributed by atoms with Crippen LogP contribution in [-0.2, 0) is 11.2 Å². The highest BCUT2D eigenvalue weighted by atomic mass is 32.1. The van der Waals surface area contributed by atoms with Gasteiger partial charge in [0.15, 0.2) is 11.3 Å². The molecule has 3 unspecified atom stereocenters. The number of aryl methyl sites for hydroxylation is 1. The molecule has 2 aliphatic carbocycles. The van der Waals surface area contributed by atoms with Crippen molar-refractivity contribution in [1.82, 2.24) is 4.90 Å². The van der Waals surface area contributed by atoms with Crippen molar-refractivity contribution in [2.24, 2.45) is 0 Å². The quantitative estimate of drug-likeness (QED) is 0.494. The van der Waals surface area contributed by atoms with E-state index >= 15 is 4.39 Å². The number of nitriles is 1. The normalized spacial score (nSPS) is 27.6. The summed E-state index contributed by atoms with van der Waals surface area (Å²) in [4.78, 5) is 16.2. The number of anilines is 1. The molecule has 2 aliphatic heterocycles. The Morgan fingerprint density at radius 1 is 1.31 bits per heavy atom. The molecule has 0 aromatic heterocycles. The second kappa shape index (κ2) is 8.31. The number of thiocarbonyl (C=S) groups is 1. The molecule has 4 aliphatic rings. The van der Waals surface area contributed by atoms with Crippen LogP contribution in [0.2, 0.25) is 0 Å². The van der Waals surface area contributed by atoms with Crippen LogP contribution in [0.15, 0.2) is 41.5 Å². The summed E-state index contributed by atoms with van der Waals surface area (Å²) < 4.78 is 61.9. The number of carbonyl (C=O) groups excluding carboxylic acids is 1. The van der Waals surface area contributed by atoms with Crippen molar-refractivity contribution in [2.75, 3.05) is 11.5 Å². The SMILES string of the molecule is N#CC1=C(C(F)(F)F)C(F)C(N2C(=O)C3(CCC3)N(c3ccc4c(c3)CCC(CO)O4)C2=S)C=C1. The number of alkyl halides is 4. The van der Waals surface area contributed by atoms with E-state index in [1.807, 2.05) is 6.07 Å². The molecular weight excluding hydrogens is 486 g/mol. The predicted molar refractivity (Wildman–Crippen MR) is 121 cm³/mol. The van der Waals surface area contributed by atoms with Gasteiger partial charge in [0.25, 0.3) is 5.91 Å². The molecule has 11 heteroatoms. The average molecular weight is 508 g/mol. The van der Waals surface area contributed by atoms with E-state index in [2.05, 4.69) is 0 Å². The molecule has 1 saturated heterocycles. The number of fused-ring (bicyclic) bond motifs is 1. The van der Waals surface area contributed by atoms with Crippen molar-refractivity contribution in [3.8, 4) is 11.8 Å². The van der Waals surface area contributed by atoms with Crippen molar-refractivity contribution in [3.05, 3.63) is 47.1 Å². The maximum atomic E-state index is 15.4. The van der Waals surface area contributed by atoms with E-state index in [1.165, 1.54) is 6.07 Å². The minimum absolute atomic E-state index is 0.0705. The van der Waals surface area contributed by atoms with Crippen LogP contribution in [-0.4, -0.2) is 57.7 Å².